The van der Waals surface area contributed by atoms with E-state index >= 15 is 0 Å². The first kappa shape index (κ1) is 13.9. The summed E-state index contributed by atoms with van der Waals surface area (Å²) in [6.07, 6.45) is 2.82. The number of halogens is 1. The zero-order valence-electron chi connectivity index (χ0n) is 11.0. The lowest BCUT2D eigenvalue weighted by Gasteiger charge is -2.21. The topological polar surface area (TPSA) is 75.1 Å². The minimum atomic E-state index is -0.373. The van der Waals surface area contributed by atoms with E-state index in [1.54, 1.807) is 18.2 Å². The highest BCUT2D eigenvalue weighted by molar-refractivity contribution is 6.35. The Hall–Kier alpha value is -2.02. The highest BCUT2D eigenvalue weighted by atomic mass is 35.5. The van der Waals surface area contributed by atoms with E-state index in [0.717, 1.165) is 5.56 Å². The van der Waals surface area contributed by atoms with Crippen LogP contribution >= 0.6 is 11.6 Å². The number of nitrogens with one attached hydrogen (secondary N) is 2. The molecule has 3 rings (SSSR count). The summed E-state index contributed by atoms with van der Waals surface area (Å²) in [5, 5.41) is 14.2. The molecular weight excluding hydrogens is 296 g/mol. The molecule has 0 saturated heterocycles. The van der Waals surface area contributed by atoms with E-state index in [1.165, 1.54) is 6.20 Å². The van der Waals surface area contributed by atoms with Crippen molar-refractivity contribution in [1.82, 2.24) is 5.32 Å². The van der Waals surface area contributed by atoms with Crippen molar-refractivity contribution in [3.8, 4) is 11.5 Å². The Labute approximate surface area is 126 Å². The van der Waals surface area contributed by atoms with E-state index in [2.05, 4.69) is 5.32 Å². The second kappa shape index (κ2) is 5.77. The first-order valence-electron chi connectivity index (χ1n) is 6.41. The normalized spacial score (nSPS) is 19.8. The molecule has 0 aromatic heterocycles. The Morgan fingerprint density at radius 2 is 2.19 bits per heavy atom. The van der Waals surface area contributed by atoms with Crippen molar-refractivity contribution >= 4 is 17.5 Å². The van der Waals surface area contributed by atoms with Crippen molar-refractivity contribution in [2.75, 3.05) is 13.3 Å². The van der Waals surface area contributed by atoms with Gasteiger partial charge in [0.1, 0.15) is 18.3 Å². The highest BCUT2D eigenvalue weighted by Gasteiger charge is 2.19. The summed E-state index contributed by atoms with van der Waals surface area (Å²) in [6, 6.07) is 5.44. The second-order valence-electron chi connectivity index (χ2n) is 4.65. The van der Waals surface area contributed by atoms with Crippen LogP contribution in [0.3, 0.4) is 0 Å². The third-order valence-electron chi connectivity index (χ3n) is 3.18. The molecule has 1 unspecified atom stereocenters. The van der Waals surface area contributed by atoms with Gasteiger partial charge in [-0.1, -0.05) is 17.7 Å². The van der Waals surface area contributed by atoms with Gasteiger partial charge in [0, 0.05) is 6.54 Å². The van der Waals surface area contributed by atoms with Gasteiger partial charge in [-0.15, -0.1) is 0 Å². The lowest BCUT2D eigenvalue weighted by Crippen LogP contribution is -3.02. The Morgan fingerprint density at radius 1 is 1.38 bits per heavy atom. The fraction of sp³-hybridized carbons (Fsp3) is 0.214. The third-order valence-corrected chi connectivity index (χ3v) is 3.54. The number of hydrogen-bond acceptors (Lipinski definition) is 4. The van der Waals surface area contributed by atoms with Crippen molar-refractivity contribution < 1.29 is 19.3 Å². The standard InChI is InChI=1S/C14H13ClN2O4/c15-11-3-4-17(19)7-10(11)14(18)16-6-9-1-2-12-13(5-9)21-8-20-12/h1-3,5,7,17H,4,6,8H2,(H,16,18). The molecule has 0 fully saturated rings. The molecule has 7 heteroatoms. The third kappa shape index (κ3) is 3.02. The number of carbonyl (C=O) groups excluding carboxylic acids is 1. The predicted molar refractivity (Wildman–Crippen MR) is 75.6 cm³/mol. The highest BCUT2D eigenvalue weighted by Crippen LogP contribution is 2.32. The van der Waals surface area contributed by atoms with E-state index < -0.39 is 0 Å². The molecule has 110 valence electrons. The first-order chi connectivity index (χ1) is 10.1. The van der Waals surface area contributed by atoms with E-state index in [-0.39, 0.29) is 29.9 Å². The Morgan fingerprint density at radius 3 is 3.05 bits per heavy atom. The van der Waals surface area contributed by atoms with Crippen LogP contribution in [0.2, 0.25) is 0 Å². The van der Waals surface area contributed by atoms with Crippen molar-refractivity contribution in [2.45, 2.75) is 6.54 Å². The molecule has 0 saturated carbocycles. The van der Waals surface area contributed by atoms with Gasteiger partial charge in [0.2, 0.25) is 6.79 Å². The quantitative estimate of drug-likeness (QED) is 0.794. The molecule has 1 aromatic rings. The van der Waals surface area contributed by atoms with Crippen molar-refractivity contribution in [3.05, 3.63) is 51.9 Å². The van der Waals surface area contributed by atoms with Gasteiger partial charge in [-0.3, -0.25) is 4.79 Å². The molecule has 1 aromatic carbocycles. The summed E-state index contributed by atoms with van der Waals surface area (Å²) in [4.78, 5) is 12.0. The van der Waals surface area contributed by atoms with E-state index in [1.807, 2.05) is 6.07 Å². The fourth-order valence-corrected chi connectivity index (χ4v) is 2.31. The number of fused-ring (bicyclic) bond motifs is 1. The number of quaternary nitrogens is 1. The minimum Gasteiger partial charge on any atom is -0.629 e. The average molecular weight is 309 g/mol. The number of hydrogen-bond donors (Lipinski definition) is 2. The van der Waals surface area contributed by atoms with Crippen LogP contribution < -0.4 is 19.9 Å². The maximum atomic E-state index is 12.0. The lowest BCUT2D eigenvalue weighted by atomic mass is 10.1. The fourth-order valence-electron chi connectivity index (χ4n) is 2.09. The monoisotopic (exact) mass is 308 g/mol. The molecule has 0 spiro atoms. The van der Waals surface area contributed by atoms with Crippen molar-refractivity contribution in [1.29, 1.82) is 0 Å². The van der Waals surface area contributed by atoms with Gasteiger partial charge < -0.3 is 25.1 Å². The Kier molecular flexibility index (Phi) is 3.83. The van der Waals surface area contributed by atoms with Gasteiger partial charge >= 0.3 is 0 Å². The molecular formula is C14H13ClN2O4. The molecule has 0 aliphatic carbocycles. The summed E-state index contributed by atoms with van der Waals surface area (Å²) >= 11 is 5.94. The van der Waals surface area contributed by atoms with E-state index in [9.17, 15) is 10.0 Å². The van der Waals surface area contributed by atoms with Crippen LogP contribution in [0, 0.1) is 5.21 Å². The van der Waals surface area contributed by atoms with E-state index in [4.69, 9.17) is 21.1 Å². The van der Waals surface area contributed by atoms with Crippen LogP contribution in [-0.4, -0.2) is 19.2 Å². The number of benzene rings is 1. The summed E-state index contributed by atoms with van der Waals surface area (Å²) < 4.78 is 10.5. The Balaban J connectivity index is 1.65. The largest absolute Gasteiger partial charge is 0.629 e. The summed E-state index contributed by atoms with van der Waals surface area (Å²) in [5.74, 6) is 0.977. The number of amides is 1. The van der Waals surface area contributed by atoms with Gasteiger partial charge in [-0.05, 0) is 23.8 Å². The molecule has 6 nitrogen and oxygen atoms in total. The number of rotatable bonds is 3. The average Bonchev–Trinajstić information content (AvgIpc) is 2.94. The minimum absolute atomic E-state index is 0.132. The predicted octanol–water partition coefficient (Wildman–Crippen LogP) is 0.434. The van der Waals surface area contributed by atoms with Gasteiger partial charge in [0.15, 0.2) is 11.5 Å². The molecule has 2 N–H and O–H groups in total. The zero-order valence-corrected chi connectivity index (χ0v) is 11.8. The van der Waals surface area contributed by atoms with Crippen LogP contribution in [0.5, 0.6) is 11.5 Å². The smallest absolute Gasteiger partial charge is 0.258 e. The van der Waals surface area contributed by atoms with Crippen LogP contribution in [-0.2, 0) is 11.3 Å². The van der Waals surface area contributed by atoms with Gasteiger partial charge in [0.05, 0.1) is 5.03 Å². The molecule has 2 heterocycles. The lowest BCUT2D eigenvalue weighted by molar-refractivity contribution is -0.785. The molecule has 21 heavy (non-hydrogen) atoms. The zero-order chi connectivity index (χ0) is 14.8. The summed E-state index contributed by atoms with van der Waals surface area (Å²) in [7, 11) is 0. The molecule has 2 aliphatic rings. The molecule has 0 radical (unpaired) electrons. The van der Waals surface area contributed by atoms with Crippen LogP contribution in [0.15, 0.2) is 41.1 Å². The van der Waals surface area contributed by atoms with Gasteiger partial charge in [0.25, 0.3) is 5.91 Å². The SMILES string of the molecule is O=C(NCc1ccc2c(c1)OCO2)C1=C[NH+]([O-])CC=C1Cl. The summed E-state index contributed by atoms with van der Waals surface area (Å²) in [5.41, 5.74) is 1.07. The van der Waals surface area contributed by atoms with Crippen LogP contribution in [0.4, 0.5) is 0 Å². The van der Waals surface area contributed by atoms with Crippen LogP contribution in [0.1, 0.15) is 5.56 Å². The van der Waals surface area contributed by atoms with E-state index in [0.29, 0.717) is 23.1 Å². The molecule has 1 atom stereocenters. The molecule has 0 bridgehead atoms. The maximum absolute atomic E-state index is 12.0. The number of hydroxylamine groups is 2. The van der Waals surface area contributed by atoms with Crippen molar-refractivity contribution in [2.24, 2.45) is 0 Å². The number of ether oxygens (including phenoxy) is 2. The molecule has 1 amide bonds. The van der Waals surface area contributed by atoms with Gasteiger partial charge in [-0.25, -0.2) is 0 Å². The first-order valence-corrected chi connectivity index (χ1v) is 6.78. The number of carbonyl (C=O) groups is 1. The summed E-state index contributed by atoms with van der Waals surface area (Å²) in [6.45, 7) is 0.753. The van der Waals surface area contributed by atoms with Gasteiger partial charge in [-0.2, -0.15) is 0 Å². The second-order valence-corrected chi connectivity index (χ2v) is 5.06. The Bertz CT molecular complexity index is 642. The maximum Gasteiger partial charge on any atom is 0.258 e. The van der Waals surface area contributed by atoms with Crippen molar-refractivity contribution in [3.63, 3.8) is 0 Å². The van der Waals surface area contributed by atoms with Crippen LogP contribution in [0.25, 0.3) is 0 Å². The molecule has 2 aliphatic heterocycles.